The topological polar surface area (TPSA) is 42.2 Å². The van der Waals surface area contributed by atoms with Crippen LogP contribution in [0.4, 0.5) is 0 Å². The van der Waals surface area contributed by atoms with Crippen molar-refractivity contribution in [2.24, 2.45) is 7.05 Å². The maximum Gasteiger partial charge on any atom is 0.338 e. The zero-order valence-electron chi connectivity index (χ0n) is 9.82. The summed E-state index contributed by atoms with van der Waals surface area (Å²) in [4.78, 5) is 11.4. The first-order valence-electron chi connectivity index (χ1n) is 5.61. The number of carboxylic acid groups (broad SMARTS) is 1. The zero-order chi connectivity index (χ0) is 12.2. The second-order valence-electron chi connectivity index (χ2n) is 4.48. The van der Waals surface area contributed by atoms with Gasteiger partial charge in [-0.15, -0.1) is 0 Å². The number of hydrogen-bond acceptors (Lipinski definition) is 1. The van der Waals surface area contributed by atoms with Crippen molar-refractivity contribution in [1.82, 2.24) is 4.57 Å². The lowest BCUT2D eigenvalue weighted by Crippen LogP contribution is -2.02. The number of fused-ring (bicyclic) bond motifs is 3. The molecule has 3 rings (SSSR count). The first-order chi connectivity index (χ1) is 8.11. The summed E-state index contributed by atoms with van der Waals surface area (Å²) < 4.78 is 2.00. The van der Waals surface area contributed by atoms with Gasteiger partial charge in [0.15, 0.2) is 0 Å². The van der Waals surface area contributed by atoms with Crippen LogP contribution in [0.25, 0.3) is 11.1 Å². The predicted molar refractivity (Wildman–Crippen MR) is 65.4 cm³/mol. The normalized spacial score (nSPS) is 12.4. The Kier molecular flexibility index (Phi) is 1.93. The van der Waals surface area contributed by atoms with Crippen molar-refractivity contribution in [1.29, 1.82) is 0 Å². The van der Waals surface area contributed by atoms with Gasteiger partial charge in [-0.25, -0.2) is 4.79 Å². The fourth-order valence-corrected chi connectivity index (χ4v) is 2.72. The van der Waals surface area contributed by atoms with Crippen LogP contribution in [-0.4, -0.2) is 15.6 Å². The summed E-state index contributed by atoms with van der Waals surface area (Å²) in [5.74, 6) is -0.837. The van der Waals surface area contributed by atoms with Gasteiger partial charge >= 0.3 is 5.97 Å². The van der Waals surface area contributed by atoms with E-state index in [0.29, 0.717) is 5.56 Å². The summed E-state index contributed by atoms with van der Waals surface area (Å²) >= 11 is 0. The number of aromatic carboxylic acids is 1. The molecule has 0 atom stereocenters. The first kappa shape index (κ1) is 10.1. The van der Waals surface area contributed by atoms with Crippen LogP contribution in [0.15, 0.2) is 24.3 Å². The number of carboxylic acids is 1. The van der Waals surface area contributed by atoms with Crippen molar-refractivity contribution in [3.8, 4) is 11.1 Å². The van der Waals surface area contributed by atoms with Gasteiger partial charge in [-0.2, -0.15) is 0 Å². The molecule has 1 aromatic heterocycles. The minimum atomic E-state index is -0.837. The van der Waals surface area contributed by atoms with Crippen molar-refractivity contribution in [2.45, 2.75) is 13.3 Å². The van der Waals surface area contributed by atoms with E-state index in [-0.39, 0.29) is 0 Å². The molecular weight excluding hydrogens is 214 g/mol. The molecule has 0 aliphatic heterocycles. The molecule has 0 radical (unpaired) electrons. The molecule has 3 nitrogen and oxygen atoms in total. The minimum Gasteiger partial charge on any atom is -0.478 e. The van der Waals surface area contributed by atoms with Gasteiger partial charge in [0.05, 0.1) is 5.56 Å². The molecule has 0 saturated heterocycles. The molecule has 1 aliphatic rings. The van der Waals surface area contributed by atoms with Gasteiger partial charge < -0.3 is 9.67 Å². The SMILES string of the molecule is Cc1c(C(=O)O)c2c(n1C)Cc1ccccc1-2. The van der Waals surface area contributed by atoms with Crippen LogP contribution in [0, 0.1) is 6.92 Å². The molecule has 0 unspecified atom stereocenters. The van der Waals surface area contributed by atoms with Crippen LogP contribution in [0.3, 0.4) is 0 Å². The average Bonchev–Trinajstić information content (AvgIpc) is 2.77. The Morgan fingerprint density at radius 1 is 1.35 bits per heavy atom. The predicted octanol–water partition coefficient (Wildman–Crippen LogP) is 2.60. The standard InChI is InChI=1S/C14H13NO2/c1-8-12(14(16)17)13-10-6-4-3-5-9(10)7-11(13)15(8)2/h3-6H,7H2,1-2H3,(H,16,17). The van der Waals surface area contributed by atoms with Crippen LogP contribution in [0.2, 0.25) is 0 Å². The summed E-state index contributed by atoms with van der Waals surface area (Å²) in [6, 6.07) is 8.03. The van der Waals surface area contributed by atoms with Gasteiger partial charge in [0.2, 0.25) is 0 Å². The van der Waals surface area contributed by atoms with Gasteiger partial charge in [0.1, 0.15) is 0 Å². The number of nitrogens with zero attached hydrogens (tertiary/aromatic N) is 1. The molecule has 0 amide bonds. The van der Waals surface area contributed by atoms with Crippen molar-refractivity contribution in [3.05, 3.63) is 46.8 Å². The second kappa shape index (κ2) is 3.23. The Balaban J connectivity index is 2.38. The highest BCUT2D eigenvalue weighted by molar-refractivity contribution is 6.00. The summed E-state index contributed by atoms with van der Waals surface area (Å²) in [5.41, 5.74) is 5.60. The van der Waals surface area contributed by atoms with E-state index >= 15 is 0 Å². The fourth-order valence-electron chi connectivity index (χ4n) is 2.72. The fraction of sp³-hybridized carbons (Fsp3) is 0.214. The molecule has 1 aliphatic carbocycles. The van der Waals surface area contributed by atoms with E-state index in [1.807, 2.05) is 36.7 Å². The van der Waals surface area contributed by atoms with Crippen LogP contribution >= 0.6 is 0 Å². The highest BCUT2D eigenvalue weighted by Gasteiger charge is 2.29. The highest BCUT2D eigenvalue weighted by Crippen LogP contribution is 2.41. The third kappa shape index (κ3) is 1.19. The van der Waals surface area contributed by atoms with Crippen LogP contribution in [0.1, 0.15) is 27.3 Å². The molecule has 1 heterocycles. The number of rotatable bonds is 1. The monoisotopic (exact) mass is 227 g/mol. The largest absolute Gasteiger partial charge is 0.478 e. The van der Waals surface area contributed by atoms with Crippen LogP contribution < -0.4 is 0 Å². The Bertz CT molecular complexity index is 638. The van der Waals surface area contributed by atoms with Crippen LogP contribution in [0.5, 0.6) is 0 Å². The second-order valence-corrected chi connectivity index (χ2v) is 4.48. The zero-order valence-corrected chi connectivity index (χ0v) is 9.82. The molecule has 2 aromatic rings. The third-order valence-corrected chi connectivity index (χ3v) is 3.67. The summed E-state index contributed by atoms with van der Waals surface area (Å²) in [7, 11) is 1.94. The quantitative estimate of drug-likeness (QED) is 0.694. The Hall–Kier alpha value is -2.03. The van der Waals surface area contributed by atoms with Gasteiger partial charge in [-0.05, 0) is 18.1 Å². The molecule has 86 valence electrons. The lowest BCUT2D eigenvalue weighted by Gasteiger charge is -2.03. The minimum absolute atomic E-state index is 0.451. The van der Waals surface area contributed by atoms with E-state index in [2.05, 4.69) is 6.07 Å². The average molecular weight is 227 g/mol. The van der Waals surface area contributed by atoms with Gasteiger partial charge in [0, 0.05) is 30.4 Å². The van der Waals surface area contributed by atoms with Gasteiger partial charge in [-0.3, -0.25) is 0 Å². The van der Waals surface area contributed by atoms with Crippen molar-refractivity contribution in [3.63, 3.8) is 0 Å². The molecule has 0 bridgehead atoms. The number of hydrogen-bond donors (Lipinski definition) is 1. The maximum absolute atomic E-state index is 11.4. The number of carbonyl (C=O) groups is 1. The van der Waals surface area contributed by atoms with E-state index < -0.39 is 5.97 Å². The molecule has 1 N–H and O–H groups in total. The van der Waals surface area contributed by atoms with E-state index in [4.69, 9.17) is 0 Å². The van der Waals surface area contributed by atoms with E-state index in [0.717, 1.165) is 28.9 Å². The van der Waals surface area contributed by atoms with Gasteiger partial charge in [-0.1, -0.05) is 24.3 Å². The summed E-state index contributed by atoms with van der Waals surface area (Å²) in [5, 5.41) is 9.36. The third-order valence-electron chi connectivity index (χ3n) is 3.67. The summed E-state index contributed by atoms with van der Waals surface area (Å²) in [6.07, 6.45) is 0.829. The van der Waals surface area contributed by atoms with Crippen molar-refractivity contribution < 1.29 is 9.90 Å². The Labute approximate surface area is 99.3 Å². The molecule has 0 saturated carbocycles. The first-order valence-corrected chi connectivity index (χ1v) is 5.61. The van der Waals surface area contributed by atoms with E-state index in [1.54, 1.807) is 0 Å². The van der Waals surface area contributed by atoms with Crippen LogP contribution in [-0.2, 0) is 13.5 Å². The van der Waals surface area contributed by atoms with E-state index in [9.17, 15) is 9.90 Å². The smallest absolute Gasteiger partial charge is 0.338 e. The molecule has 17 heavy (non-hydrogen) atoms. The number of aromatic nitrogens is 1. The number of benzene rings is 1. The summed E-state index contributed by atoms with van der Waals surface area (Å²) in [6.45, 7) is 1.87. The maximum atomic E-state index is 11.4. The molecule has 0 fully saturated rings. The Morgan fingerprint density at radius 3 is 2.76 bits per heavy atom. The molecule has 1 aromatic carbocycles. The van der Waals surface area contributed by atoms with Gasteiger partial charge in [0.25, 0.3) is 0 Å². The Morgan fingerprint density at radius 2 is 2.06 bits per heavy atom. The molecule has 0 spiro atoms. The lowest BCUT2D eigenvalue weighted by atomic mass is 10.0. The molecular formula is C14H13NO2. The van der Waals surface area contributed by atoms with Crippen molar-refractivity contribution >= 4 is 5.97 Å². The highest BCUT2D eigenvalue weighted by atomic mass is 16.4. The lowest BCUT2D eigenvalue weighted by molar-refractivity contribution is 0.0697. The molecule has 3 heteroatoms. The van der Waals surface area contributed by atoms with E-state index in [1.165, 1.54) is 5.56 Å². The van der Waals surface area contributed by atoms with Crippen molar-refractivity contribution in [2.75, 3.05) is 0 Å².